The van der Waals surface area contributed by atoms with Gasteiger partial charge in [0.25, 0.3) is 5.91 Å². The molecule has 1 atom stereocenters. The molecule has 1 amide bonds. The number of nitrogens with one attached hydrogen (secondary N) is 1. The summed E-state index contributed by atoms with van der Waals surface area (Å²) in [7, 11) is 1.65. The molecule has 0 aliphatic carbocycles. The summed E-state index contributed by atoms with van der Waals surface area (Å²) in [6.45, 7) is 2.89. The van der Waals surface area contributed by atoms with Gasteiger partial charge in [0, 0.05) is 30.9 Å². The van der Waals surface area contributed by atoms with E-state index in [1.807, 2.05) is 19.1 Å². The van der Waals surface area contributed by atoms with Crippen LogP contribution < -0.4 is 11.1 Å². The topological polar surface area (TPSA) is 64.3 Å². The molecule has 4 heteroatoms. The van der Waals surface area contributed by atoms with Crippen LogP contribution in [0.4, 0.5) is 0 Å². The third-order valence-electron chi connectivity index (χ3n) is 2.59. The first-order valence-corrected chi connectivity index (χ1v) is 6.26. The molecule has 4 nitrogen and oxygen atoms in total. The molecule has 0 saturated heterocycles. The molecule has 102 valence electrons. The summed E-state index contributed by atoms with van der Waals surface area (Å²) >= 11 is 0. The summed E-state index contributed by atoms with van der Waals surface area (Å²) in [5.41, 5.74) is 6.72. The van der Waals surface area contributed by atoms with E-state index in [-0.39, 0.29) is 11.9 Å². The van der Waals surface area contributed by atoms with Crippen molar-refractivity contribution in [1.29, 1.82) is 0 Å². The van der Waals surface area contributed by atoms with E-state index in [9.17, 15) is 4.79 Å². The molecule has 1 unspecified atom stereocenters. The Balaban J connectivity index is 2.66. The van der Waals surface area contributed by atoms with Gasteiger partial charge in [-0.2, -0.15) is 0 Å². The van der Waals surface area contributed by atoms with E-state index in [2.05, 4.69) is 17.2 Å². The monoisotopic (exact) mass is 260 g/mol. The molecule has 0 saturated carbocycles. The molecule has 0 aromatic heterocycles. The van der Waals surface area contributed by atoms with Gasteiger partial charge in [0.1, 0.15) is 0 Å². The van der Waals surface area contributed by atoms with Crippen LogP contribution in [0.1, 0.15) is 29.3 Å². The second-order valence-electron chi connectivity index (χ2n) is 4.24. The lowest BCUT2D eigenvalue weighted by Crippen LogP contribution is -2.33. The SMILES string of the molecule is COCCC(C)NC(=O)c1cccc(C#CCN)c1. The van der Waals surface area contributed by atoms with Gasteiger partial charge in [-0.05, 0) is 31.5 Å². The minimum Gasteiger partial charge on any atom is -0.385 e. The summed E-state index contributed by atoms with van der Waals surface area (Å²) in [6, 6.07) is 7.28. The average molecular weight is 260 g/mol. The Morgan fingerprint density at radius 3 is 3.00 bits per heavy atom. The standard InChI is InChI=1S/C15H20N2O2/c1-12(8-10-19-2)17-15(18)14-7-3-5-13(11-14)6-4-9-16/h3,5,7,11-12H,8-10,16H2,1-2H3,(H,17,18). The molecule has 0 aliphatic heterocycles. The van der Waals surface area contributed by atoms with Crippen LogP contribution >= 0.6 is 0 Å². The summed E-state index contributed by atoms with van der Waals surface area (Å²) < 4.78 is 4.98. The Morgan fingerprint density at radius 1 is 1.53 bits per heavy atom. The number of amides is 1. The highest BCUT2D eigenvalue weighted by Gasteiger charge is 2.09. The largest absolute Gasteiger partial charge is 0.385 e. The van der Waals surface area contributed by atoms with Crippen molar-refractivity contribution in [2.45, 2.75) is 19.4 Å². The van der Waals surface area contributed by atoms with E-state index in [4.69, 9.17) is 10.5 Å². The van der Waals surface area contributed by atoms with Crippen LogP contribution in [0.2, 0.25) is 0 Å². The number of benzene rings is 1. The molecule has 0 spiro atoms. The van der Waals surface area contributed by atoms with Gasteiger partial charge in [-0.25, -0.2) is 0 Å². The van der Waals surface area contributed by atoms with E-state index in [0.717, 1.165) is 12.0 Å². The minimum atomic E-state index is -0.0972. The van der Waals surface area contributed by atoms with E-state index in [1.165, 1.54) is 0 Å². The van der Waals surface area contributed by atoms with Crippen molar-refractivity contribution < 1.29 is 9.53 Å². The second-order valence-corrected chi connectivity index (χ2v) is 4.24. The smallest absolute Gasteiger partial charge is 0.251 e. The van der Waals surface area contributed by atoms with E-state index < -0.39 is 0 Å². The van der Waals surface area contributed by atoms with Crippen molar-refractivity contribution in [3.8, 4) is 11.8 Å². The van der Waals surface area contributed by atoms with Gasteiger partial charge < -0.3 is 15.8 Å². The summed E-state index contributed by atoms with van der Waals surface area (Å²) in [5.74, 6) is 5.58. The van der Waals surface area contributed by atoms with Gasteiger partial charge in [-0.15, -0.1) is 0 Å². The third kappa shape index (κ3) is 5.56. The van der Waals surface area contributed by atoms with Crippen molar-refractivity contribution in [3.63, 3.8) is 0 Å². The first-order chi connectivity index (χ1) is 9.17. The molecule has 3 N–H and O–H groups in total. The lowest BCUT2D eigenvalue weighted by Gasteiger charge is -2.13. The van der Waals surface area contributed by atoms with Gasteiger partial charge in [-0.3, -0.25) is 4.79 Å². The highest BCUT2D eigenvalue weighted by molar-refractivity contribution is 5.94. The van der Waals surface area contributed by atoms with Crippen LogP contribution in [-0.2, 0) is 4.74 Å². The maximum atomic E-state index is 12.0. The van der Waals surface area contributed by atoms with Crippen LogP contribution in [0.3, 0.4) is 0 Å². The molecule has 0 heterocycles. The highest BCUT2D eigenvalue weighted by Crippen LogP contribution is 2.05. The zero-order valence-electron chi connectivity index (χ0n) is 11.4. The van der Waals surface area contributed by atoms with E-state index in [1.54, 1.807) is 19.2 Å². The first-order valence-electron chi connectivity index (χ1n) is 6.26. The number of hydrogen-bond acceptors (Lipinski definition) is 3. The lowest BCUT2D eigenvalue weighted by molar-refractivity contribution is 0.0929. The fraction of sp³-hybridized carbons (Fsp3) is 0.400. The maximum absolute atomic E-state index is 12.0. The summed E-state index contributed by atoms with van der Waals surface area (Å²) in [4.78, 5) is 12.0. The second kappa shape index (κ2) is 8.30. The summed E-state index contributed by atoms with van der Waals surface area (Å²) in [6.07, 6.45) is 0.787. The summed E-state index contributed by atoms with van der Waals surface area (Å²) in [5, 5.41) is 2.92. The minimum absolute atomic E-state index is 0.0752. The molecule has 0 aliphatic rings. The van der Waals surface area contributed by atoms with Gasteiger partial charge in [0.2, 0.25) is 0 Å². The maximum Gasteiger partial charge on any atom is 0.251 e. The number of ether oxygens (including phenoxy) is 1. The number of hydrogen-bond donors (Lipinski definition) is 2. The van der Waals surface area contributed by atoms with Gasteiger partial charge >= 0.3 is 0 Å². The van der Waals surface area contributed by atoms with Crippen molar-refractivity contribution >= 4 is 5.91 Å². The number of methoxy groups -OCH3 is 1. The molecule has 1 aromatic carbocycles. The fourth-order valence-corrected chi connectivity index (χ4v) is 1.57. The van der Waals surface area contributed by atoms with Crippen LogP contribution in [0.5, 0.6) is 0 Å². The Morgan fingerprint density at radius 2 is 2.32 bits per heavy atom. The zero-order chi connectivity index (χ0) is 14.1. The fourth-order valence-electron chi connectivity index (χ4n) is 1.57. The molecule has 1 aromatic rings. The Labute approximate surface area is 114 Å². The van der Waals surface area contributed by atoms with Crippen LogP contribution in [0.25, 0.3) is 0 Å². The number of carbonyl (C=O) groups is 1. The first kappa shape index (κ1) is 15.2. The molecule has 1 rings (SSSR count). The number of nitrogens with two attached hydrogens (primary N) is 1. The van der Waals surface area contributed by atoms with E-state index in [0.29, 0.717) is 18.7 Å². The predicted molar refractivity (Wildman–Crippen MR) is 75.8 cm³/mol. The lowest BCUT2D eigenvalue weighted by atomic mass is 10.1. The van der Waals surface area contributed by atoms with E-state index >= 15 is 0 Å². The quantitative estimate of drug-likeness (QED) is 0.781. The molecule has 19 heavy (non-hydrogen) atoms. The molecular weight excluding hydrogens is 240 g/mol. The van der Waals surface area contributed by atoms with Crippen molar-refractivity contribution in [2.24, 2.45) is 5.73 Å². The highest BCUT2D eigenvalue weighted by atomic mass is 16.5. The molecule has 0 bridgehead atoms. The van der Waals surface area contributed by atoms with Crippen LogP contribution in [-0.4, -0.2) is 32.2 Å². The van der Waals surface area contributed by atoms with Crippen LogP contribution in [0, 0.1) is 11.8 Å². The van der Waals surface area contributed by atoms with Crippen molar-refractivity contribution in [3.05, 3.63) is 35.4 Å². The molecule has 0 radical (unpaired) electrons. The van der Waals surface area contributed by atoms with Gasteiger partial charge in [-0.1, -0.05) is 17.9 Å². The number of rotatable bonds is 5. The number of carbonyl (C=O) groups excluding carboxylic acids is 1. The van der Waals surface area contributed by atoms with Crippen molar-refractivity contribution in [2.75, 3.05) is 20.3 Å². The molecule has 0 fully saturated rings. The van der Waals surface area contributed by atoms with Crippen LogP contribution in [0.15, 0.2) is 24.3 Å². The van der Waals surface area contributed by atoms with Crippen molar-refractivity contribution in [1.82, 2.24) is 5.32 Å². The normalized spacial score (nSPS) is 11.3. The predicted octanol–water partition coefficient (Wildman–Crippen LogP) is 1.15. The van der Waals surface area contributed by atoms with Gasteiger partial charge in [0.05, 0.1) is 6.54 Å². The zero-order valence-corrected chi connectivity index (χ0v) is 11.4. The third-order valence-corrected chi connectivity index (χ3v) is 2.59. The molecular formula is C15H20N2O2. The Hall–Kier alpha value is -1.83. The Bertz CT molecular complexity index is 475. The van der Waals surface area contributed by atoms with Gasteiger partial charge in [0.15, 0.2) is 0 Å². The Kier molecular flexibility index (Phi) is 6.65. The average Bonchev–Trinajstić information content (AvgIpc) is 2.43.